The lowest BCUT2D eigenvalue weighted by molar-refractivity contribution is 0.0204. The summed E-state index contributed by atoms with van der Waals surface area (Å²) in [5.74, 6) is 0.895. The maximum absolute atomic E-state index is 10.6. The summed E-state index contributed by atoms with van der Waals surface area (Å²) in [6, 6.07) is 4.08. The molecule has 1 aromatic carbocycles. The highest BCUT2D eigenvalue weighted by atomic mass is 79.9. The molecule has 2 heterocycles. The third kappa shape index (κ3) is 5.22. The van der Waals surface area contributed by atoms with E-state index >= 15 is 0 Å². The molecule has 0 bridgehead atoms. The van der Waals surface area contributed by atoms with Gasteiger partial charge in [-0.2, -0.15) is 0 Å². The fourth-order valence-electron chi connectivity index (χ4n) is 3.57. The van der Waals surface area contributed by atoms with E-state index in [1.165, 1.54) is 0 Å². The molecule has 0 aliphatic carbocycles. The fourth-order valence-corrected chi connectivity index (χ4v) is 5.01. The van der Waals surface area contributed by atoms with Gasteiger partial charge in [0.1, 0.15) is 5.75 Å². The molecule has 2 aliphatic rings. The van der Waals surface area contributed by atoms with Crippen LogP contribution in [0.5, 0.6) is 5.75 Å². The lowest BCUT2D eigenvalue weighted by Crippen LogP contribution is -2.47. The van der Waals surface area contributed by atoms with E-state index in [-0.39, 0.29) is 30.9 Å². The summed E-state index contributed by atoms with van der Waals surface area (Å²) >= 11 is 7.12. The van der Waals surface area contributed by atoms with Crippen molar-refractivity contribution in [2.75, 3.05) is 39.4 Å². The Bertz CT molecular complexity index is 484. The molecular formula is C16H24Br2Cl2N2O2. The molecule has 2 saturated heterocycles. The second-order valence-corrected chi connectivity index (χ2v) is 7.77. The SMILES string of the molecule is Cl.Cl.Oc1cc(Br)cc(Br)c1[C@@H](C1CCOCC1)N1CCNCC1. The summed E-state index contributed by atoms with van der Waals surface area (Å²) < 4.78 is 7.42. The predicted octanol–water partition coefficient (Wildman–Crippen LogP) is 4.13. The molecular weight excluding hydrogens is 483 g/mol. The second kappa shape index (κ2) is 10.6. The monoisotopic (exact) mass is 504 g/mol. The smallest absolute Gasteiger partial charge is 0.122 e. The Kier molecular flexibility index (Phi) is 9.89. The van der Waals surface area contributed by atoms with Crippen molar-refractivity contribution in [2.24, 2.45) is 5.92 Å². The number of piperazine rings is 1. The van der Waals surface area contributed by atoms with E-state index < -0.39 is 0 Å². The number of phenols is 1. The maximum atomic E-state index is 10.6. The van der Waals surface area contributed by atoms with Crippen molar-refractivity contribution >= 4 is 56.7 Å². The lowest BCUT2D eigenvalue weighted by atomic mass is 9.85. The van der Waals surface area contributed by atoms with Gasteiger partial charge in [0.2, 0.25) is 0 Å². The minimum atomic E-state index is 0. The van der Waals surface area contributed by atoms with Crippen LogP contribution in [0.4, 0.5) is 0 Å². The van der Waals surface area contributed by atoms with Crippen LogP contribution in [0, 0.1) is 5.92 Å². The van der Waals surface area contributed by atoms with Crippen LogP contribution in [0.15, 0.2) is 21.1 Å². The van der Waals surface area contributed by atoms with Crippen molar-refractivity contribution in [1.29, 1.82) is 0 Å². The van der Waals surface area contributed by atoms with Gasteiger partial charge in [0.15, 0.2) is 0 Å². The molecule has 0 aromatic heterocycles. The highest BCUT2D eigenvalue weighted by Crippen LogP contribution is 2.43. The Morgan fingerprint density at radius 2 is 1.75 bits per heavy atom. The average Bonchev–Trinajstić information content (AvgIpc) is 2.52. The van der Waals surface area contributed by atoms with Gasteiger partial charge in [0, 0.05) is 59.9 Å². The molecule has 24 heavy (non-hydrogen) atoms. The third-order valence-electron chi connectivity index (χ3n) is 4.63. The molecule has 2 aliphatic heterocycles. The first-order chi connectivity index (χ1) is 10.7. The van der Waals surface area contributed by atoms with Gasteiger partial charge in [0.05, 0.1) is 0 Å². The first-order valence-electron chi connectivity index (χ1n) is 7.87. The van der Waals surface area contributed by atoms with E-state index in [0.29, 0.717) is 11.7 Å². The molecule has 0 amide bonds. The molecule has 0 radical (unpaired) electrons. The van der Waals surface area contributed by atoms with Gasteiger partial charge in [-0.3, -0.25) is 4.90 Å². The third-order valence-corrected chi connectivity index (χ3v) is 5.74. The summed E-state index contributed by atoms with van der Waals surface area (Å²) in [5, 5.41) is 14.0. The van der Waals surface area contributed by atoms with Crippen LogP contribution in [0.3, 0.4) is 0 Å². The number of hydrogen-bond acceptors (Lipinski definition) is 4. The topological polar surface area (TPSA) is 44.7 Å². The number of phenolic OH excluding ortho intramolecular Hbond substituents is 1. The standard InChI is InChI=1S/C16H22Br2N2O2.2ClH/c17-12-9-13(18)15(14(21)10-12)16(11-1-7-22-8-2-11)20-5-3-19-4-6-20;;/h9-11,16,19,21H,1-8H2;2*1H/t16-;;/m1../s1. The molecule has 2 fully saturated rings. The molecule has 1 atom stereocenters. The summed E-state index contributed by atoms with van der Waals surface area (Å²) in [6.07, 6.45) is 2.10. The van der Waals surface area contributed by atoms with E-state index in [2.05, 4.69) is 42.1 Å². The van der Waals surface area contributed by atoms with Crippen LogP contribution in [-0.4, -0.2) is 49.4 Å². The van der Waals surface area contributed by atoms with E-state index in [1.54, 1.807) is 6.07 Å². The number of rotatable bonds is 3. The van der Waals surface area contributed by atoms with Gasteiger partial charge in [-0.25, -0.2) is 0 Å². The minimum absolute atomic E-state index is 0. The van der Waals surface area contributed by atoms with Crippen molar-refractivity contribution < 1.29 is 9.84 Å². The van der Waals surface area contributed by atoms with Crippen molar-refractivity contribution in [1.82, 2.24) is 10.2 Å². The zero-order chi connectivity index (χ0) is 15.5. The predicted molar refractivity (Wildman–Crippen MR) is 109 cm³/mol. The Hall–Kier alpha value is 0.440. The van der Waals surface area contributed by atoms with Crippen LogP contribution in [0.1, 0.15) is 24.4 Å². The molecule has 3 rings (SSSR count). The number of aromatic hydroxyl groups is 1. The molecule has 0 spiro atoms. The average molecular weight is 507 g/mol. The zero-order valence-corrected chi connectivity index (χ0v) is 18.1. The minimum Gasteiger partial charge on any atom is -0.508 e. The van der Waals surface area contributed by atoms with E-state index in [1.807, 2.05) is 6.07 Å². The van der Waals surface area contributed by atoms with Crippen LogP contribution in [-0.2, 0) is 4.74 Å². The maximum Gasteiger partial charge on any atom is 0.122 e. The quantitative estimate of drug-likeness (QED) is 0.647. The summed E-state index contributed by atoms with van der Waals surface area (Å²) in [4.78, 5) is 2.51. The number of benzene rings is 1. The highest BCUT2D eigenvalue weighted by Gasteiger charge is 2.34. The van der Waals surface area contributed by atoms with Gasteiger partial charge in [-0.1, -0.05) is 31.9 Å². The highest BCUT2D eigenvalue weighted by molar-refractivity contribution is 9.11. The van der Waals surface area contributed by atoms with Crippen LogP contribution in [0.2, 0.25) is 0 Å². The van der Waals surface area contributed by atoms with Crippen LogP contribution in [0.25, 0.3) is 0 Å². The van der Waals surface area contributed by atoms with E-state index in [9.17, 15) is 5.11 Å². The van der Waals surface area contributed by atoms with Crippen molar-refractivity contribution in [2.45, 2.75) is 18.9 Å². The molecule has 4 nitrogen and oxygen atoms in total. The van der Waals surface area contributed by atoms with Gasteiger partial charge in [-0.05, 0) is 30.9 Å². The summed E-state index contributed by atoms with van der Waals surface area (Å²) in [6.45, 7) is 5.70. The number of nitrogens with one attached hydrogen (secondary N) is 1. The van der Waals surface area contributed by atoms with Gasteiger partial charge >= 0.3 is 0 Å². The van der Waals surface area contributed by atoms with E-state index in [4.69, 9.17) is 4.74 Å². The molecule has 0 saturated carbocycles. The Labute approximate surface area is 172 Å². The number of ether oxygens (including phenoxy) is 1. The number of nitrogens with zero attached hydrogens (tertiary/aromatic N) is 1. The molecule has 0 unspecified atom stereocenters. The fraction of sp³-hybridized carbons (Fsp3) is 0.625. The second-order valence-electron chi connectivity index (χ2n) is 6.00. The Morgan fingerprint density at radius 3 is 2.33 bits per heavy atom. The first-order valence-corrected chi connectivity index (χ1v) is 9.46. The van der Waals surface area contributed by atoms with Crippen LogP contribution >= 0.6 is 56.7 Å². The summed E-state index contributed by atoms with van der Waals surface area (Å²) in [5.41, 5.74) is 1.03. The molecule has 138 valence electrons. The van der Waals surface area contributed by atoms with Crippen molar-refractivity contribution in [3.63, 3.8) is 0 Å². The van der Waals surface area contributed by atoms with E-state index in [0.717, 1.165) is 66.7 Å². The zero-order valence-electron chi connectivity index (χ0n) is 13.3. The van der Waals surface area contributed by atoms with Gasteiger partial charge < -0.3 is 15.2 Å². The van der Waals surface area contributed by atoms with Crippen LogP contribution < -0.4 is 5.32 Å². The lowest BCUT2D eigenvalue weighted by Gasteiger charge is -2.41. The number of hydrogen-bond donors (Lipinski definition) is 2. The number of halogens is 4. The van der Waals surface area contributed by atoms with Gasteiger partial charge in [0.25, 0.3) is 0 Å². The largest absolute Gasteiger partial charge is 0.508 e. The van der Waals surface area contributed by atoms with Crippen molar-refractivity contribution in [3.8, 4) is 5.75 Å². The molecule has 1 aromatic rings. The first kappa shape index (κ1) is 22.5. The Balaban J connectivity index is 0.00000144. The normalized spacial score (nSPS) is 20.8. The molecule has 8 heteroatoms. The molecule has 2 N–H and O–H groups in total. The van der Waals surface area contributed by atoms with Crippen molar-refractivity contribution in [3.05, 3.63) is 26.6 Å². The Morgan fingerprint density at radius 1 is 1.12 bits per heavy atom. The summed E-state index contributed by atoms with van der Waals surface area (Å²) in [7, 11) is 0. The van der Waals surface area contributed by atoms with Gasteiger partial charge in [-0.15, -0.1) is 24.8 Å².